The number of aromatic hydroxyl groups is 1. The fraction of sp³-hybridized carbons (Fsp3) is 0.0909. The van der Waals surface area contributed by atoms with Gasteiger partial charge in [0.15, 0.2) is 5.58 Å². The second-order valence-corrected chi connectivity index (χ2v) is 8.08. The zero-order valence-electron chi connectivity index (χ0n) is 15.0. The van der Waals surface area contributed by atoms with Crippen LogP contribution in [-0.2, 0) is 6.42 Å². The number of hydrogen-bond acceptors (Lipinski definition) is 4. The van der Waals surface area contributed by atoms with Gasteiger partial charge in [-0.3, -0.25) is 4.99 Å². The van der Waals surface area contributed by atoms with Crippen LogP contribution >= 0.6 is 31.9 Å². The molecule has 0 atom stereocenters. The lowest BCUT2D eigenvalue weighted by Gasteiger charge is -2.02. The molecule has 140 valence electrons. The Hall–Kier alpha value is -2.44. The lowest BCUT2D eigenvalue weighted by Crippen LogP contribution is -1.84. The zero-order chi connectivity index (χ0) is 19.7. The van der Waals surface area contributed by atoms with Crippen molar-refractivity contribution in [2.45, 2.75) is 13.3 Å². The number of hydrogen-bond donors (Lipinski definition) is 1. The van der Waals surface area contributed by atoms with E-state index in [0.717, 1.165) is 22.0 Å². The Labute approximate surface area is 179 Å². The summed E-state index contributed by atoms with van der Waals surface area (Å²) in [7, 11) is 0. The third-order valence-corrected chi connectivity index (χ3v) is 5.45. The molecule has 0 fully saturated rings. The number of oxazole rings is 1. The van der Waals surface area contributed by atoms with Gasteiger partial charge in [-0.1, -0.05) is 35.0 Å². The average molecular weight is 500 g/mol. The monoisotopic (exact) mass is 498 g/mol. The minimum atomic E-state index is 0.144. The first-order chi connectivity index (χ1) is 13.5. The maximum Gasteiger partial charge on any atom is 0.227 e. The van der Waals surface area contributed by atoms with Gasteiger partial charge in [0, 0.05) is 27.9 Å². The lowest BCUT2D eigenvalue weighted by atomic mass is 10.1. The minimum Gasteiger partial charge on any atom is -0.506 e. The summed E-state index contributed by atoms with van der Waals surface area (Å²) in [6, 6.07) is 17.4. The van der Waals surface area contributed by atoms with Crippen molar-refractivity contribution in [3.8, 4) is 17.2 Å². The quantitative estimate of drug-likeness (QED) is 0.306. The molecule has 0 amide bonds. The van der Waals surface area contributed by atoms with Crippen molar-refractivity contribution >= 4 is 54.9 Å². The maximum atomic E-state index is 10.2. The second kappa shape index (κ2) is 7.89. The first-order valence-corrected chi connectivity index (χ1v) is 10.3. The third-order valence-electron chi connectivity index (χ3n) is 4.39. The minimum absolute atomic E-state index is 0.144. The smallest absolute Gasteiger partial charge is 0.227 e. The van der Waals surface area contributed by atoms with Crippen LogP contribution in [0.15, 0.2) is 73.0 Å². The highest BCUT2D eigenvalue weighted by Crippen LogP contribution is 2.32. The fourth-order valence-corrected chi connectivity index (χ4v) is 4.09. The molecule has 4 rings (SSSR count). The Morgan fingerprint density at radius 1 is 1.07 bits per heavy atom. The summed E-state index contributed by atoms with van der Waals surface area (Å²) >= 11 is 6.74. The second-order valence-electron chi connectivity index (χ2n) is 6.31. The lowest BCUT2D eigenvalue weighted by molar-refractivity contribution is 0.471. The molecule has 0 aliphatic rings. The van der Waals surface area contributed by atoms with Gasteiger partial charge in [-0.25, -0.2) is 4.98 Å². The molecule has 0 saturated carbocycles. The Balaban J connectivity index is 1.65. The summed E-state index contributed by atoms with van der Waals surface area (Å²) in [6.45, 7) is 2.13. The van der Waals surface area contributed by atoms with Crippen LogP contribution in [0.3, 0.4) is 0 Å². The molecule has 6 heteroatoms. The van der Waals surface area contributed by atoms with E-state index in [9.17, 15) is 5.11 Å². The van der Waals surface area contributed by atoms with E-state index in [4.69, 9.17) is 4.42 Å². The molecule has 0 unspecified atom stereocenters. The summed E-state index contributed by atoms with van der Waals surface area (Å²) in [5.74, 6) is 0.734. The van der Waals surface area contributed by atoms with Gasteiger partial charge in [0.2, 0.25) is 5.89 Å². The summed E-state index contributed by atoms with van der Waals surface area (Å²) in [4.78, 5) is 9.02. The molecule has 0 bridgehead atoms. The van der Waals surface area contributed by atoms with Gasteiger partial charge in [-0.2, -0.15) is 0 Å². The number of aliphatic imine (C=N–C) groups is 1. The van der Waals surface area contributed by atoms with Gasteiger partial charge in [0.25, 0.3) is 0 Å². The van der Waals surface area contributed by atoms with Crippen molar-refractivity contribution in [1.82, 2.24) is 4.98 Å². The van der Waals surface area contributed by atoms with Crippen LogP contribution in [0.25, 0.3) is 22.6 Å². The predicted octanol–water partition coefficient (Wildman–Crippen LogP) is 7.04. The van der Waals surface area contributed by atoms with Gasteiger partial charge < -0.3 is 9.52 Å². The van der Waals surface area contributed by atoms with Crippen LogP contribution in [0.4, 0.5) is 5.69 Å². The van der Waals surface area contributed by atoms with Crippen LogP contribution in [0.1, 0.15) is 18.1 Å². The number of aromatic nitrogens is 1. The van der Waals surface area contributed by atoms with E-state index in [1.54, 1.807) is 18.3 Å². The van der Waals surface area contributed by atoms with Crippen LogP contribution in [-0.4, -0.2) is 16.3 Å². The summed E-state index contributed by atoms with van der Waals surface area (Å²) in [6.07, 6.45) is 2.62. The van der Waals surface area contributed by atoms with Crippen molar-refractivity contribution in [1.29, 1.82) is 0 Å². The Morgan fingerprint density at radius 2 is 1.86 bits per heavy atom. The first kappa shape index (κ1) is 18.9. The molecule has 28 heavy (non-hydrogen) atoms. The molecule has 3 aromatic carbocycles. The number of benzene rings is 3. The average Bonchev–Trinajstić information content (AvgIpc) is 3.13. The molecular formula is C22H16Br2N2O2. The molecule has 4 nitrogen and oxygen atoms in total. The molecule has 0 spiro atoms. The Kier molecular flexibility index (Phi) is 5.33. The van der Waals surface area contributed by atoms with E-state index in [2.05, 4.69) is 60.9 Å². The molecule has 1 heterocycles. The topological polar surface area (TPSA) is 58.6 Å². The Bertz CT molecular complexity index is 1180. The highest BCUT2D eigenvalue weighted by molar-refractivity contribution is 9.11. The summed E-state index contributed by atoms with van der Waals surface area (Å²) < 4.78 is 7.39. The van der Waals surface area contributed by atoms with E-state index in [-0.39, 0.29) is 5.75 Å². The maximum absolute atomic E-state index is 10.2. The van der Waals surface area contributed by atoms with E-state index in [1.807, 2.05) is 30.3 Å². The van der Waals surface area contributed by atoms with E-state index < -0.39 is 0 Å². The highest BCUT2D eigenvalue weighted by Gasteiger charge is 2.09. The van der Waals surface area contributed by atoms with Gasteiger partial charge in [0.05, 0.1) is 10.2 Å². The highest BCUT2D eigenvalue weighted by atomic mass is 79.9. The summed E-state index contributed by atoms with van der Waals surface area (Å²) in [5.41, 5.74) is 4.99. The van der Waals surface area contributed by atoms with Gasteiger partial charge >= 0.3 is 0 Å². The van der Waals surface area contributed by atoms with Crippen molar-refractivity contribution < 1.29 is 9.52 Å². The zero-order valence-corrected chi connectivity index (χ0v) is 18.2. The van der Waals surface area contributed by atoms with Gasteiger partial charge in [-0.05, 0) is 64.3 Å². The van der Waals surface area contributed by atoms with E-state index in [0.29, 0.717) is 27.2 Å². The predicted molar refractivity (Wildman–Crippen MR) is 120 cm³/mol. The molecule has 1 aromatic heterocycles. The molecule has 0 radical (unpaired) electrons. The van der Waals surface area contributed by atoms with Crippen LogP contribution in [0.2, 0.25) is 0 Å². The van der Waals surface area contributed by atoms with Crippen LogP contribution in [0, 0.1) is 0 Å². The molecule has 0 saturated heterocycles. The van der Waals surface area contributed by atoms with Crippen LogP contribution in [0.5, 0.6) is 5.75 Å². The fourth-order valence-electron chi connectivity index (χ4n) is 2.83. The van der Waals surface area contributed by atoms with Gasteiger partial charge in [0.1, 0.15) is 11.3 Å². The number of rotatable bonds is 4. The normalized spacial score (nSPS) is 11.5. The standard InChI is InChI=1S/C22H16Br2N2O2/c1-2-13-3-5-14(6-4-13)22-26-19-8-7-17(11-20(19)28-22)25-12-15-9-16(23)10-18(24)21(15)27/h3-12,27H,2H2,1H3. The van der Waals surface area contributed by atoms with Gasteiger partial charge in [-0.15, -0.1) is 0 Å². The number of aryl methyl sites for hydroxylation is 1. The van der Waals surface area contributed by atoms with E-state index >= 15 is 0 Å². The molecular weight excluding hydrogens is 484 g/mol. The Morgan fingerprint density at radius 3 is 2.61 bits per heavy atom. The first-order valence-electron chi connectivity index (χ1n) is 8.75. The van der Waals surface area contributed by atoms with Crippen LogP contribution < -0.4 is 0 Å². The number of phenols is 1. The molecule has 1 N–H and O–H groups in total. The third kappa shape index (κ3) is 3.88. The van der Waals surface area contributed by atoms with E-state index in [1.165, 1.54) is 5.56 Å². The number of halogens is 2. The largest absolute Gasteiger partial charge is 0.506 e. The SMILES string of the molecule is CCc1ccc(-c2nc3ccc(N=Cc4cc(Br)cc(Br)c4O)cc3o2)cc1. The molecule has 0 aliphatic heterocycles. The number of nitrogens with zero attached hydrogens (tertiary/aromatic N) is 2. The molecule has 4 aromatic rings. The summed E-state index contributed by atoms with van der Waals surface area (Å²) in [5, 5.41) is 10.2. The van der Waals surface area contributed by atoms with Crippen molar-refractivity contribution in [2.75, 3.05) is 0 Å². The van der Waals surface area contributed by atoms with Crippen molar-refractivity contribution in [2.24, 2.45) is 4.99 Å². The van der Waals surface area contributed by atoms with Crippen molar-refractivity contribution in [3.63, 3.8) is 0 Å². The van der Waals surface area contributed by atoms with Crippen molar-refractivity contribution in [3.05, 3.63) is 74.7 Å². The molecule has 0 aliphatic carbocycles. The number of phenolic OH excluding ortho intramolecular Hbond substituents is 1. The number of fused-ring (bicyclic) bond motifs is 1.